The molecule has 4 rings (SSSR count). The Morgan fingerprint density at radius 2 is 2.00 bits per heavy atom. The number of hydrogen-bond acceptors (Lipinski definition) is 6. The quantitative estimate of drug-likeness (QED) is 0.730. The van der Waals surface area contributed by atoms with Crippen LogP contribution in [0.2, 0.25) is 0 Å². The van der Waals surface area contributed by atoms with Gasteiger partial charge in [0, 0.05) is 18.9 Å². The number of para-hydroxylation sites is 1. The summed E-state index contributed by atoms with van der Waals surface area (Å²) < 4.78 is 1.47. The number of carbonyl (C=O) groups excluding carboxylic acids is 1. The smallest absolute Gasteiger partial charge is 0.261 e. The first-order valence-corrected chi connectivity index (χ1v) is 10.1. The molecule has 1 aliphatic carbocycles. The summed E-state index contributed by atoms with van der Waals surface area (Å²) in [5, 5.41) is 13.3. The molecule has 0 unspecified atom stereocenters. The molecule has 27 heavy (non-hydrogen) atoms. The van der Waals surface area contributed by atoms with Gasteiger partial charge in [0.1, 0.15) is 5.01 Å². The van der Waals surface area contributed by atoms with Gasteiger partial charge in [-0.15, -0.1) is 10.2 Å². The van der Waals surface area contributed by atoms with Crippen LogP contribution in [0.5, 0.6) is 0 Å². The topological polar surface area (TPSA) is 89.8 Å². The molecular formula is C19H21N5O2S. The molecule has 1 aromatic carbocycles. The zero-order valence-electron chi connectivity index (χ0n) is 14.9. The van der Waals surface area contributed by atoms with Crippen molar-refractivity contribution in [2.24, 2.45) is 0 Å². The largest absolute Gasteiger partial charge is 0.300 e. The van der Waals surface area contributed by atoms with Crippen LogP contribution < -0.4 is 10.9 Å². The molecule has 8 heteroatoms. The predicted molar refractivity (Wildman–Crippen MR) is 105 cm³/mol. The molecule has 7 nitrogen and oxygen atoms in total. The zero-order valence-corrected chi connectivity index (χ0v) is 15.7. The summed E-state index contributed by atoms with van der Waals surface area (Å²) in [4.78, 5) is 29.0. The van der Waals surface area contributed by atoms with Crippen LogP contribution in [0.3, 0.4) is 0 Å². The molecule has 1 fully saturated rings. The van der Waals surface area contributed by atoms with Crippen LogP contribution in [0, 0.1) is 0 Å². The van der Waals surface area contributed by atoms with Crippen LogP contribution in [0.25, 0.3) is 10.9 Å². The van der Waals surface area contributed by atoms with Gasteiger partial charge in [-0.2, -0.15) is 0 Å². The number of nitrogens with one attached hydrogen (secondary N) is 1. The SMILES string of the molecule is O=C(CCn1cnc2ccccc2c1=O)Nc1nnc(C2CCCCC2)s1. The van der Waals surface area contributed by atoms with Gasteiger partial charge in [0.2, 0.25) is 11.0 Å². The van der Waals surface area contributed by atoms with Crippen LogP contribution in [0.1, 0.15) is 49.5 Å². The van der Waals surface area contributed by atoms with Gasteiger partial charge in [-0.1, -0.05) is 42.7 Å². The second kappa shape index (κ2) is 7.96. The summed E-state index contributed by atoms with van der Waals surface area (Å²) in [6.45, 7) is 0.275. The number of anilines is 1. The third-order valence-electron chi connectivity index (χ3n) is 4.95. The first kappa shape index (κ1) is 17.8. The summed E-state index contributed by atoms with van der Waals surface area (Å²) >= 11 is 1.46. The first-order valence-electron chi connectivity index (χ1n) is 9.28. The minimum atomic E-state index is -0.179. The van der Waals surface area contributed by atoms with Crippen molar-refractivity contribution in [3.8, 4) is 0 Å². The fourth-order valence-electron chi connectivity index (χ4n) is 3.47. The van der Waals surface area contributed by atoms with Gasteiger partial charge in [-0.25, -0.2) is 4.98 Å². The Kier molecular flexibility index (Phi) is 5.24. The zero-order chi connectivity index (χ0) is 18.6. The van der Waals surface area contributed by atoms with Gasteiger partial charge in [-0.3, -0.25) is 14.2 Å². The lowest BCUT2D eigenvalue weighted by atomic mass is 9.90. The lowest BCUT2D eigenvalue weighted by Gasteiger charge is -2.18. The molecule has 0 atom stereocenters. The molecule has 140 valence electrons. The second-order valence-electron chi connectivity index (χ2n) is 6.84. The maximum Gasteiger partial charge on any atom is 0.261 e. The highest BCUT2D eigenvalue weighted by Gasteiger charge is 2.20. The molecule has 1 saturated carbocycles. The minimum absolute atomic E-state index is 0.135. The summed E-state index contributed by atoms with van der Waals surface area (Å²) in [6.07, 6.45) is 7.74. The number of fused-ring (bicyclic) bond motifs is 1. The maximum absolute atomic E-state index is 12.4. The Morgan fingerprint density at radius 3 is 2.85 bits per heavy atom. The van der Waals surface area contributed by atoms with Crippen molar-refractivity contribution in [3.63, 3.8) is 0 Å². The molecule has 0 bridgehead atoms. The van der Waals surface area contributed by atoms with Gasteiger partial charge in [0.15, 0.2) is 0 Å². The maximum atomic E-state index is 12.4. The van der Waals surface area contributed by atoms with Gasteiger partial charge < -0.3 is 5.32 Å². The van der Waals surface area contributed by atoms with E-state index in [1.807, 2.05) is 12.1 Å². The molecule has 1 N–H and O–H groups in total. The number of amides is 1. The van der Waals surface area contributed by atoms with E-state index in [2.05, 4.69) is 20.5 Å². The molecule has 0 radical (unpaired) electrons. The number of benzene rings is 1. The van der Waals surface area contributed by atoms with Crippen LogP contribution >= 0.6 is 11.3 Å². The Labute approximate surface area is 160 Å². The van der Waals surface area contributed by atoms with Gasteiger partial charge in [0.05, 0.1) is 17.2 Å². The predicted octanol–water partition coefficient (Wildman–Crippen LogP) is 3.32. The first-order chi connectivity index (χ1) is 13.2. The van der Waals surface area contributed by atoms with Crippen LogP contribution in [0.4, 0.5) is 5.13 Å². The fraction of sp³-hybridized carbons (Fsp3) is 0.421. The van der Waals surface area contributed by atoms with Crippen molar-refractivity contribution < 1.29 is 4.79 Å². The van der Waals surface area contributed by atoms with E-state index in [0.29, 0.717) is 22.0 Å². The molecular weight excluding hydrogens is 362 g/mol. The van der Waals surface area contributed by atoms with Crippen molar-refractivity contribution in [2.45, 2.75) is 51.0 Å². The number of rotatable bonds is 5. The molecule has 2 heterocycles. The van der Waals surface area contributed by atoms with Crippen molar-refractivity contribution >= 4 is 33.3 Å². The average molecular weight is 383 g/mol. The highest BCUT2D eigenvalue weighted by atomic mass is 32.1. The third kappa shape index (κ3) is 4.05. The lowest BCUT2D eigenvalue weighted by Crippen LogP contribution is -2.23. The molecule has 1 aliphatic rings. The standard InChI is InChI=1S/C19H21N5O2S/c25-16(21-19-23-22-17(27-19)13-6-2-1-3-7-13)10-11-24-12-20-15-9-5-4-8-14(15)18(24)26/h4-5,8-9,12-13H,1-3,6-7,10-11H2,(H,21,23,25). The van der Waals surface area contributed by atoms with Crippen LogP contribution in [-0.2, 0) is 11.3 Å². The van der Waals surface area contributed by atoms with E-state index in [4.69, 9.17) is 0 Å². The summed E-state index contributed by atoms with van der Waals surface area (Å²) in [6, 6.07) is 7.19. The van der Waals surface area contributed by atoms with Gasteiger partial charge in [0.25, 0.3) is 5.56 Å². The second-order valence-corrected chi connectivity index (χ2v) is 7.85. The summed E-state index contributed by atoms with van der Waals surface area (Å²) in [5.41, 5.74) is 0.524. The Hall–Kier alpha value is -2.61. The number of hydrogen-bond donors (Lipinski definition) is 1. The molecule has 1 amide bonds. The van der Waals surface area contributed by atoms with Crippen molar-refractivity contribution in [1.29, 1.82) is 0 Å². The Balaban J connectivity index is 1.37. The number of aromatic nitrogens is 4. The highest BCUT2D eigenvalue weighted by Crippen LogP contribution is 2.35. The summed E-state index contributed by atoms with van der Waals surface area (Å²) in [7, 11) is 0. The van der Waals surface area contributed by atoms with Crippen molar-refractivity contribution in [3.05, 3.63) is 46.0 Å². The normalized spacial score (nSPS) is 15.1. The van der Waals surface area contributed by atoms with E-state index in [1.165, 1.54) is 41.5 Å². The number of aryl methyl sites for hydroxylation is 1. The third-order valence-corrected chi connectivity index (χ3v) is 5.95. The fourth-order valence-corrected chi connectivity index (χ4v) is 4.40. The summed E-state index contributed by atoms with van der Waals surface area (Å²) in [5.74, 6) is 0.297. The Bertz CT molecular complexity index is 1010. The highest BCUT2D eigenvalue weighted by molar-refractivity contribution is 7.15. The van der Waals surface area contributed by atoms with E-state index >= 15 is 0 Å². The molecule has 3 aromatic rings. The van der Waals surface area contributed by atoms with Crippen molar-refractivity contribution in [1.82, 2.24) is 19.7 Å². The number of nitrogens with zero attached hydrogens (tertiary/aromatic N) is 4. The average Bonchev–Trinajstić information content (AvgIpc) is 3.17. The van der Waals surface area contributed by atoms with E-state index < -0.39 is 0 Å². The van der Waals surface area contributed by atoms with E-state index in [9.17, 15) is 9.59 Å². The van der Waals surface area contributed by atoms with Crippen LogP contribution in [0.15, 0.2) is 35.4 Å². The van der Waals surface area contributed by atoms with Crippen LogP contribution in [-0.4, -0.2) is 25.7 Å². The molecule has 2 aromatic heterocycles. The molecule has 0 spiro atoms. The van der Waals surface area contributed by atoms with Gasteiger partial charge >= 0.3 is 0 Å². The van der Waals surface area contributed by atoms with Crippen molar-refractivity contribution in [2.75, 3.05) is 5.32 Å². The molecule has 0 saturated heterocycles. The van der Waals surface area contributed by atoms with E-state index in [-0.39, 0.29) is 24.4 Å². The lowest BCUT2D eigenvalue weighted by molar-refractivity contribution is -0.116. The molecule has 0 aliphatic heterocycles. The minimum Gasteiger partial charge on any atom is -0.300 e. The van der Waals surface area contributed by atoms with E-state index in [1.54, 1.807) is 12.1 Å². The number of carbonyl (C=O) groups is 1. The van der Waals surface area contributed by atoms with E-state index in [0.717, 1.165) is 17.8 Å². The monoisotopic (exact) mass is 383 g/mol. The Morgan fingerprint density at radius 1 is 1.19 bits per heavy atom. The van der Waals surface area contributed by atoms with Gasteiger partial charge in [-0.05, 0) is 25.0 Å².